The second kappa shape index (κ2) is 7.79. The molecule has 0 saturated carbocycles. The third-order valence-electron chi connectivity index (χ3n) is 7.00. The number of halogens is 1. The second-order valence-corrected chi connectivity index (χ2v) is 11.0. The Morgan fingerprint density at radius 2 is 2.06 bits per heavy atom. The number of imidazole rings is 1. The largest absolute Gasteiger partial charge is 0.493 e. The van der Waals surface area contributed by atoms with Crippen molar-refractivity contribution in [3.63, 3.8) is 0 Å². The van der Waals surface area contributed by atoms with E-state index in [-0.39, 0.29) is 23.4 Å². The molecule has 1 N–H and O–H groups in total. The van der Waals surface area contributed by atoms with Crippen LogP contribution in [0.25, 0.3) is 5.52 Å². The summed E-state index contributed by atoms with van der Waals surface area (Å²) in [7, 11) is -0.148. The molecule has 10 nitrogen and oxygen atoms in total. The topological polar surface area (TPSA) is 95.3 Å². The first kappa shape index (κ1) is 21.6. The lowest BCUT2D eigenvalue weighted by molar-refractivity contribution is 0.248. The summed E-state index contributed by atoms with van der Waals surface area (Å²) in [6.07, 6.45) is 3.83. The highest BCUT2D eigenvalue weighted by atomic mass is 32.2. The van der Waals surface area contributed by atoms with Crippen LogP contribution in [-0.4, -0.2) is 84.9 Å². The highest BCUT2D eigenvalue weighted by Gasteiger charge is 2.38. The van der Waals surface area contributed by atoms with Gasteiger partial charge in [-0.15, -0.1) is 0 Å². The van der Waals surface area contributed by atoms with Gasteiger partial charge in [-0.1, -0.05) is 0 Å². The van der Waals surface area contributed by atoms with E-state index < -0.39 is 10.0 Å². The SMILES string of the molecule is CN1CCN2c3cnc(NCc4c(F)ccc5c4CCO5)n4cnc(c34)S(=O)(=O)N(C)C[C@H]2C1. The first-order valence-corrected chi connectivity index (χ1v) is 12.7. The smallest absolute Gasteiger partial charge is 0.262 e. The molecule has 6 rings (SSSR count). The first-order chi connectivity index (χ1) is 16.3. The van der Waals surface area contributed by atoms with Crippen LogP contribution in [0.5, 0.6) is 5.75 Å². The highest BCUT2D eigenvalue weighted by molar-refractivity contribution is 7.89. The molecule has 1 aromatic carbocycles. The predicted octanol–water partition coefficient (Wildman–Crippen LogP) is 1.17. The van der Waals surface area contributed by atoms with Crippen molar-refractivity contribution in [3.05, 3.63) is 41.6 Å². The molecule has 0 bridgehead atoms. The second-order valence-electron chi connectivity index (χ2n) is 9.09. The number of ether oxygens (including phenoxy) is 1. The summed E-state index contributed by atoms with van der Waals surface area (Å²) in [5, 5.41) is 3.21. The third kappa shape index (κ3) is 3.23. The zero-order valence-corrected chi connectivity index (χ0v) is 19.8. The first-order valence-electron chi connectivity index (χ1n) is 11.3. The molecule has 3 aliphatic heterocycles. The fraction of sp³-hybridized carbons (Fsp3) is 0.455. The molecule has 0 spiro atoms. The lowest BCUT2D eigenvalue weighted by Gasteiger charge is -2.43. The fourth-order valence-electron chi connectivity index (χ4n) is 5.20. The predicted molar refractivity (Wildman–Crippen MR) is 124 cm³/mol. The number of sulfonamides is 1. The van der Waals surface area contributed by atoms with E-state index in [0.717, 1.165) is 30.9 Å². The van der Waals surface area contributed by atoms with Gasteiger partial charge in [-0.05, 0) is 19.2 Å². The molecule has 0 radical (unpaired) electrons. The molecule has 3 aliphatic rings. The standard InChI is InChI=1S/C22H26FN7O3S/c1-27-6-7-29-14(11-27)12-28(2)34(31,32)21-20-18(29)10-25-22(30(20)13-26-21)24-9-16-15-5-8-33-19(15)4-3-17(16)23/h3-4,10,13-14H,5-9,11-12H2,1-2H3,(H,24,25)/t14-/m1/s1. The molecule has 5 heterocycles. The lowest BCUT2D eigenvalue weighted by Crippen LogP contribution is -2.57. The van der Waals surface area contributed by atoms with Gasteiger partial charge in [-0.2, -0.15) is 4.31 Å². The van der Waals surface area contributed by atoms with Crippen LogP contribution in [0.4, 0.5) is 16.0 Å². The van der Waals surface area contributed by atoms with Crippen LogP contribution in [0.3, 0.4) is 0 Å². The lowest BCUT2D eigenvalue weighted by atomic mass is 10.0. The molecule has 2 aromatic heterocycles. The number of rotatable bonds is 3. The fourth-order valence-corrected chi connectivity index (χ4v) is 6.49. The van der Waals surface area contributed by atoms with Gasteiger partial charge in [0.2, 0.25) is 5.95 Å². The molecule has 1 atom stereocenters. The van der Waals surface area contributed by atoms with Crippen molar-refractivity contribution < 1.29 is 17.5 Å². The highest BCUT2D eigenvalue weighted by Crippen LogP contribution is 2.35. The number of piperazine rings is 1. The van der Waals surface area contributed by atoms with Crippen LogP contribution < -0.4 is 15.0 Å². The number of hydrogen-bond donors (Lipinski definition) is 1. The number of fused-ring (bicyclic) bond motifs is 3. The summed E-state index contributed by atoms with van der Waals surface area (Å²) in [4.78, 5) is 13.3. The maximum absolute atomic E-state index is 14.6. The molecule has 0 aliphatic carbocycles. The van der Waals surface area contributed by atoms with Gasteiger partial charge in [0.1, 0.15) is 23.4 Å². The van der Waals surface area contributed by atoms with Gasteiger partial charge in [0.15, 0.2) is 5.03 Å². The van der Waals surface area contributed by atoms with Gasteiger partial charge in [-0.3, -0.25) is 4.40 Å². The number of likely N-dealkylation sites (N-methyl/N-ethyl adjacent to an activating group) is 2. The molecule has 180 valence electrons. The maximum atomic E-state index is 14.6. The number of nitrogens with one attached hydrogen (secondary N) is 1. The Hall–Kier alpha value is -2.96. The summed E-state index contributed by atoms with van der Waals surface area (Å²) in [6.45, 7) is 3.46. The van der Waals surface area contributed by atoms with E-state index in [9.17, 15) is 12.8 Å². The van der Waals surface area contributed by atoms with Crippen molar-refractivity contribution in [2.24, 2.45) is 0 Å². The monoisotopic (exact) mass is 487 g/mol. The van der Waals surface area contributed by atoms with Crippen LogP contribution in [0, 0.1) is 5.82 Å². The summed E-state index contributed by atoms with van der Waals surface area (Å²) >= 11 is 0. The molecule has 0 unspecified atom stereocenters. The molecule has 34 heavy (non-hydrogen) atoms. The zero-order valence-electron chi connectivity index (χ0n) is 19.0. The van der Waals surface area contributed by atoms with Crippen molar-refractivity contribution in [2.45, 2.75) is 24.0 Å². The van der Waals surface area contributed by atoms with Crippen molar-refractivity contribution >= 4 is 27.2 Å². The minimum absolute atomic E-state index is 0.00742. The van der Waals surface area contributed by atoms with E-state index in [4.69, 9.17) is 4.74 Å². The summed E-state index contributed by atoms with van der Waals surface area (Å²) in [5.74, 6) is 0.793. The van der Waals surface area contributed by atoms with E-state index >= 15 is 0 Å². The van der Waals surface area contributed by atoms with Crippen molar-refractivity contribution in [1.82, 2.24) is 23.6 Å². The average molecular weight is 488 g/mol. The maximum Gasteiger partial charge on any atom is 0.262 e. The normalized spacial score (nSPS) is 22.1. The van der Waals surface area contributed by atoms with E-state index in [0.29, 0.717) is 42.4 Å². The minimum atomic E-state index is -3.79. The quantitative estimate of drug-likeness (QED) is 0.589. The van der Waals surface area contributed by atoms with Gasteiger partial charge in [0, 0.05) is 57.3 Å². The van der Waals surface area contributed by atoms with Gasteiger partial charge >= 0.3 is 0 Å². The van der Waals surface area contributed by atoms with Gasteiger partial charge < -0.3 is 19.9 Å². The van der Waals surface area contributed by atoms with Crippen LogP contribution in [0.15, 0.2) is 29.7 Å². The number of nitrogens with zero attached hydrogens (tertiary/aromatic N) is 6. The summed E-state index contributed by atoms with van der Waals surface area (Å²) in [6, 6.07) is 3.05. The Labute approximate surface area is 197 Å². The van der Waals surface area contributed by atoms with Crippen LogP contribution >= 0.6 is 0 Å². The minimum Gasteiger partial charge on any atom is -0.493 e. The Morgan fingerprint density at radius 3 is 2.91 bits per heavy atom. The average Bonchev–Trinajstić information content (AvgIpc) is 3.46. The number of anilines is 2. The van der Waals surface area contributed by atoms with E-state index in [1.54, 1.807) is 23.7 Å². The summed E-state index contributed by atoms with van der Waals surface area (Å²) < 4.78 is 49.9. The Kier molecular flexibility index (Phi) is 4.94. The molecular weight excluding hydrogens is 461 g/mol. The van der Waals surface area contributed by atoms with E-state index in [1.807, 2.05) is 7.05 Å². The van der Waals surface area contributed by atoms with Crippen LogP contribution in [-0.2, 0) is 23.0 Å². The van der Waals surface area contributed by atoms with Crippen LogP contribution in [0.1, 0.15) is 11.1 Å². The Morgan fingerprint density at radius 1 is 1.21 bits per heavy atom. The Balaban J connectivity index is 1.44. The van der Waals surface area contributed by atoms with Gasteiger partial charge in [-0.25, -0.2) is 22.8 Å². The Bertz CT molecular complexity index is 1390. The van der Waals surface area contributed by atoms with Gasteiger partial charge in [0.05, 0.1) is 24.5 Å². The zero-order chi connectivity index (χ0) is 23.6. The van der Waals surface area contributed by atoms with Crippen molar-refractivity contribution in [2.75, 3.05) is 57.1 Å². The number of hydrogen-bond acceptors (Lipinski definition) is 8. The van der Waals surface area contributed by atoms with E-state index in [1.165, 1.54) is 16.7 Å². The molecule has 1 fully saturated rings. The third-order valence-corrected chi connectivity index (χ3v) is 8.75. The molecule has 0 amide bonds. The summed E-state index contributed by atoms with van der Waals surface area (Å²) in [5.41, 5.74) is 2.61. The molecular formula is C22H26FN7O3S. The number of benzene rings is 1. The molecule has 12 heteroatoms. The van der Waals surface area contributed by atoms with Crippen molar-refractivity contribution in [1.29, 1.82) is 0 Å². The van der Waals surface area contributed by atoms with E-state index in [2.05, 4.69) is 25.1 Å². The van der Waals surface area contributed by atoms with Crippen molar-refractivity contribution in [3.8, 4) is 5.75 Å². The molecule has 3 aromatic rings. The number of aromatic nitrogens is 3. The van der Waals surface area contributed by atoms with Gasteiger partial charge in [0.25, 0.3) is 10.0 Å². The van der Waals surface area contributed by atoms with Crippen LogP contribution in [0.2, 0.25) is 0 Å². The molecule has 1 saturated heterocycles.